The molecule has 0 saturated carbocycles. The lowest BCUT2D eigenvalue weighted by molar-refractivity contribution is -0.161. The van der Waals surface area contributed by atoms with Gasteiger partial charge in [0.2, 0.25) is 0 Å². The van der Waals surface area contributed by atoms with Crippen LogP contribution < -0.4 is 0 Å². The Labute approximate surface area is 556 Å². The van der Waals surface area contributed by atoms with Crippen molar-refractivity contribution in [1.29, 1.82) is 0 Å². The summed E-state index contributed by atoms with van der Waals surface area (Å²) in [5.41, 5.74) is 0. The minimum Gasteiger partial charge on any atom is -0.462 e. The van der Waals surface area contributed by atoms with E-state index in [0.717, 1.165) is 102 Å². The number of esters is 4. The van der Waals surface area contributed by atoms with Crippen LogP contribution in [0, 0.1) is 11.8 Å². The second-order valence-corrected chi connectivity index (χ2v) is 29.4. The third-order valence-corrected chi connectivity index (χ3v) is 19.3. The number of aliphatic hydroxyl groups is 1. The molecule has 0 heterocycles. The molecule has 4 unspecified atom stereocenters. The molecule has 7 atom stereocenters. The Kier molecular flexibility index (Phi) is 62.7. The standard InChI is InChI=1S/C72H140O17P2/c1-7-11-13-15-17-19-20-26-30-38-44-50-56-71(76)88-67(60-82-69(74)54-48-42-36-28-18-16-14-12-8-2)62-86-90(78,79)84-58-66(73)59-85-91(80,81)87-63-68(61-83-70(75)55-49-43-37-33-32-35-41-47-53-65(6)10-4)89-72(77)57-51-45-39-31-27-24-22-21-23-25-29-34-40-46-52-64(5)9-3/h64-68,73H,7-63H2,1-6H3,(H,78,79)(H,80,81)/t64?,65?,66-,67+,68+/m0/s1. The van der Waals surface area contributed by atoms with E-state index in [4.69, 9.17) is 37.0 Å². The van der Waals surface area contributed by atoms with Gasteiger partial charge in [0.15, 0.2) is 12.2 Å². The maximum absolute atomic E-state index is 13.0. The zero-order chi connectivity index (χ0) is 67.2. The lowest BCUT2D eigenvalue weighted by atomic mass is 9.99. The average Bonchev–Trinajstić information content (AvgIpc) is 3.72. The number of ether oxygens (including phenoxy) is 4. The number of phosphoric acid groups is 2. The van der Waals surface area contributed by atoms with Crippen molar-refractivity contribution in [2.24, 2.45) is 11.8 Å². The third-order valence-electron chi connectivity index (χ3n) is 17.4. The molecule has 19 heteroatoms. The second kappa shape index (κ2) is 64.1. The van der Waals surface area contributed by atoms with Gasteiger partial charge in [0.25, 0.3) is 0 Å². The Morgan fingerprint density at radius 2 is 0.527 bits per heavy atom. The zero-order valence-electron chi connectivity index (χ0n) is 59.1. The van der Waals surface area contributed by atoms with E-state index < -0.39 is 97.5 Å². The van der Waals surface area contributed by atoms with Gasteiger partial charge in [-0.2, -0.15) is 0 Å². The topological polar surface area (TPSA) is 237 Å². The number of rotatable bonds is 71. The first kappa shape index (κ1) is 89.1. The average molecular weight is 1340 g/mol. The summed E-state index contributed by atoms with van der Waals surface area (Å²) < 4.78 is 68.3. The van der Waals surface area contributed by atoms with Gasteiger partial charge < -0.3 is 33.8 Å². The molecule has 0 spiro atoms. The van der Waals surface area contributed by atoms with Crippen molar-refractivity contribution in [2.45, 2.75) is 387 Å². The third kappa shape index (κ3) is 63.9. The summed E-state index contributed by atoms with van der Waals surface area (Å²) in [7, 11) is -9.90. The van der Waals surface area contributed by atoms with Gasteiger partial charge in [-0.3, -0.25) is 37.3 Å². The van der Waals surface area contributed by atoms with Crippen LogP contribution in [0.2, 0.25) is 0 Å². The van der Waals surface area contributed by atoms with E-state index >= 15 is 0 Å². The van der Waals surface area contributed by atoms with Gasteiger partial charge in [0.05, 0.1) is 26.4 Å². The van der Waals surface area contributed by atoms with Gasteiger partial charge in [-0.05, 0) is 37.5 Å². The summed E-state index contributed by atoms with van der Waals surface area (Å²) >= 11 is 0. The van der Waals surface area contributed by atoms with Crippen LogP contribution in [0.5, 0.6) is 0 Å². The smallest absolute Gasteiger partial charge is 0.462 e. The Hall–Kier alpha value is -1.94. The van der Waals surface area contributed by atoms with Crippen LogP contribution in [-0.2, 0) is 65.4 Å². The van der Waals surface area contributed by atoms with Gasteiger partial charge >= 0.3 is 39.5 Å². The molecular weight excluding hydrogens is 1200 g/mol. The Morgan fingerprint density at radius 3 is 0.780 bits per heavy atom. The minimum absolute atomic E-state index is 0.107. The summed E-state index contributed by atoms with van der Waals surface area (Å²) in [6.07, 6.45) is 49.7. The second-order valence-electron chi connectivity index (χ2n) is 26.5. The number of carbonyl (C=O) groups excluding carboxylic acids is 4. The Bertz CT molecular complexity index is 1770. The summed E-state index contributed by atoms with van der Waals surface area (Å²) in [5, 5.41) is 10.6. The SMILES string of the molecule is CCCCCCCCCCCCCCC(=O)O[C@H](COC(=O)CCCCCCCCCCC)COP(=O)(O)OC[C@H](O)COP(=O)(O)OC[C@@H](COC(=O)CCCCCCCCCCC(C)CC)OC(=O)CCCCCCCCCCCCCCCCC(C)CC. The van der Waals surface area contributed by atoms with E-state index in [1.807, 2.05) is 0 Å². The minimum atomic E-state index is -4.95. The van der Waals surface area contributed by atoms with Crippen molar-refractivity contribution in [1.82, 2.24) is 0 Å². The van der Waals surface area contributed by atoms with Crippen LogP contribution in [0.15, 0.2) is 0 Å². The Balaban J connectivity index is 5.23. The van der Waals surface area contributed by atoms with Crippen LogP contribution in [-0.4, -0.2) is 96.7 Å². The summed E-state index contributed by atoms with van der Waals surface area (Å²) in [5.74, 6) is -0.498. The van der Waals surface area contributed by atoms with Crippen LogP contribution in [0.3, 0.4) is 0 Å². The molecule has 540 valence electrons. The van der Waals surface area contributed by atoms with Crippen molar-refractivity contribution in [3.63, 3.8) is 0 Å². The number of carbonyl (C=O) groups is 4. The van der Waals surface area contributed by atoms with E-state index in [9.17, 15) is 43.2 Å². The molecule has 0 rings (SSSR count). The van der Waals surface area contributed by atoms with Gasteiger partial charge in [0.1, 0.15) is 19.3 Å². The lowest BCUT2D eigenvalue weighted by Crippen LogP contribution is -2.30. The number of hydrogen-bond donors (Lipinski definition) is 3. The van der Waals surface area contributed by atoms with Crippen molar-refractivity contribution in [2.75, 3.05) is 39.6 Å². The first-order valence-corrected chi connectivity index (χ1v) is 40.6. The fourth-order valence-electron chi connectivity index (χ4n) is 10.9. The maximum Gasteiger partial charge on any atom is 0.472 e. The quantitative estimate of drug-likeness (QED) is 0.0222. The highest BCUT2D eigenvalue weighted by Gasteiger charge is 2.30. The highest BCUT2D eigenvalue weighted by molar-refractivity contribution is 7.47. The van der Waals surface area contributed by atoms with E-state index in [1.165, 1.54) is 186 Å². The number of hydrogen-bond acceptors (Lipinski definition) is 15. The summed E-state index contributed by atoms with van der Waals surface area (Å²) in [6.45, 7) is 9.61. The molecule has 0 bridgehead atoms. The molecule has 0 aliphatic rings. The molecule has 0 aromatic carbocycles. The number of aliphatic hydroxyl groups excluding tert-OH is 1. The van der Waals surface area contributed by atoms with E-state index in [2.05, 4.69) is 41.5 Å². The first-order chi connectivity index (χ1) is 43.9. The van der Waals surface area contributed by atoms with Crippen molar-refractivity contribution < 1.29 is 80.2 Å². The highest BCUT2D eigenvalue weighted by Crippen LogP contribution is 2.45. The largest absolute Gasteiger partial charge is 0.472 e. The molecule has 0 aliphatic heterocycles. The van der Waals surface area contributed by atoms with Gasteiger partial charge in [0, 0.05) is 25.7 Å². The molecule has 0 saturated heterocycles. The molecular formula is C72H140O17P2. The molecule has 0 aromatic rings. The van der Waals surface area contributed by atoms with Crippen LogP contribution >= 0.6 is 15.6 Å². The van der Waals surface area contributed by atoms with Crippen LogP contribution in [0.25, 0.3) is 0 Å². The fourth-order valence-corrected chi connectivity index (χ4v) is 12.5. The maximum atomic E-state index is 13.0. The molecule has 0 aliphatic carbocycles. The number of phosphoric ester groups is 2. The van der Waals surface area contributed by atoms with Gasteiger partial charge in [-0.25, -0.2) is 9.13 Å². The monoisotopic (exact) mass is 1340 g/mol. The predicted octanol–water partition coefficient (Wildman–Crippen LogP) is 20.8. The molecule has 17 nitrogen and oxygen atoms in total. The van der Waals surface area contributed by atoms with Gasteiger partial charge in [-0.15, -0.1) is 0 Å². The highest BCUT2D eigenvalue weighted by atomic mass is 31.2. The predicted molar refractivity (Wildman–Crippen MR) is 368 cm³/mol. The van der Waals surface area contributed by atoms with Gasteiger partial charge in [-0.1, -0.05) is 318 Å². The summed E-state index contributed by atoms with van der Waals surface area (Å²) in [4.78, 5) is 72.6. The lowest BCUT2D eigenvalue weighted by Gasteiger charge is -2.21. The molecule has 3 N–H and O–H groups in total. The van der Waals surface area contributed by atoms with E-state index in [0.29, 0.717) is 25.7 Å². The Morgan fingerprint density at radius 1 is 0.308 bits per heavy atom. The van der Waals surface area contributed by atoms with Crippen molar-refractivity contribution in [3.05, 3.63) is 0 Å². The normalized spacial score (nSPS) is 14.7. The zero-order valence-corrected chi connectivity index (χ0v) is 60.9. The molecule has 0 amide bonds. The van der Waals surface area contributed by atoms with Crippen LogP contribution in [0.4, 0.5) is 0 Å². The molecule has 0 radical (unpaired) electrons. The molecule has 91 heavy (non-hydrogen) atoms. The van der Waals surface area contributed by atoms with Crippen molar-refractivity contribution in [3.8, 4) is 0 Å². The van der Waals surface area contributed by atoms with Crippen LogP contribution in [0.1, 0.15) is 369 Å². The van der Waals surface area contributed by atoms with E-state index in [1.54, 1.807) is 0 Å². The van der Waals surface area contributed by atoms with Crippen molar-refractivity contribution >= 4 is 39.5 Å². The number of unbranched alkanes of at least 4 members (excludes halogenated alkanes) is 39. The first-order valence-electron chi connectivity index (χ1n) is 37.6. The molecule has 0 aromatic heterocycles. The van der Waals surface area contributed by atoms with E-state index in [-0.39, 0.29) is 25.7 Å². The summed E-state index contributed by atoms with van der Waals surface area (Å²) in [6, 6.07) is 0. The fraction of sp³-hybridized carbons (Fsp3) is 0.944. The molecule has 0 fully saturated rings.